The number of nitriles is 1. The summed E-state index contributed by atoms with van der Waals surface area (Å²) in [6, 6.07) is 5.15. The van der Waals surface area contributed by atoms with E-state index in [-0.39, 0.29) is 41.2 Å². The van der Waals surface area contributed by atoms with E-state index in [0.29, 0.717) is 24.9 Å². The van der Waals surface area contributed by atoms with Crippen molar-refractivity contribution < 1.29 is 14.3 Å². The van der Waals surface area contributed by atoms with Crippen LogP contribution in [0.2, 0.25) is 0 Å². The molecule has 1 saturated heterocycles. The first-order chi connectivity index (χ1) is 15.0. The maximum Gasteiger partial charge on any atom is 0.404 e. The van der Waals surface area contributed by atoms with Crippen LogP contribution in [0.5, 0.6) is 0 Å². The van der Waals surface area contributed by atoms with Crippen LogP contribution in [-0.2, 0) is 6.54 Å². The molecule has 0 spiro atoms. The Kier molecular flexibility index (Phi) is 6.48. The fourth-order valence-corrected chi connectivity index (χ4v) is 4.43. The normalized spacial score (nSPS) is 18.8. The van der Waals surface area contributed by atoms with E-state index in [9.17, 15) is 24.3 Å². The van der Waals surface area contributed by atoms with Crippen LogP contribution in [-0.4, -0.2) is 44.6 Å². The second-order valence-electron chi connectivity index (χ2n) is 9.09. The number of piperidine rings is 1. The van der Waals surface area contributed by atoms with Gasteiger partial charge in [0, 0.05) is 6.54 Å². The number of nitrogens with one attached hydrogen (secondary N) is 1. The average molecular weight is 442 g/mol. The molecule has 2 N–H and O–H groups in total. The minimum Gasteiger partial charge on any atom is -0.465 e. The number of hydrogen-bond donors (Lipinski definition) is 2. The van der Waals surface area contributed by atoms with E-state index < -0.39 is 17.5 Å². The van der Waals surface area contributed by atoms with Gasteiger partial charge in [0.15, 0.2) is 0 Å². The van der Waals surface area contributed by atoms with Crippen LogP contribution in [0.15, 0.2) is 23.0 Å². The van der Waals surface area contributed by atoms with Crippen LogP contribution in [0.25, 0.3) is 0 Å². The topological polar surface area (TPSA) is 124 Å². The molecule has 1 aromatic heterocycles. The molecule has 3 rings (SSSR count). The number of anilines is 1. The van der Waals surface area contributed by atoms with Gasteiger partial charge < -0.3 is 15.3 Å². The van der Waals surface area contributed by atoms with Gasteiger partial charge in [0.05, 0.1) is 30.3 Å². The average Bonchev–Trinajstić information content (AvgIpc) is 2.70. The lowest BCUT2D eigenvalue weighted by Crippen LogP contribution is -2.61. The first-order valence-corrected chi connectivity index (χ1v) is 10.4. The third-order valence-corrected chi connectivity index (χ3v) is 5.69. The summed E-state index contributed by atoms with van der Waals surface area (Å²) in [5.41, 5.74) is 0.0257. The van der Waals surface area contributed by atoms with Crippen molar-refractivity contribution in [2.75, 3.05) is 11.4 Å². The number of hydrogen-bond acceptors (Lipinski definition) is 6. The van der Waals surface area contributed by atoms with Crippen LogP contribution in [0.3, 0.4) is 0 Å². The summed E-state index contributed by atoms with van der Waals surface area (Å²) in [5.74, 6) is -0.242. The second kappa shape index (κ2) is 8.94. The number of aryl methyl sites for hydroxylation is 1. The van der Waals surface area contributed by atoms with E-state index in [2.05, 4.69) is 15.5 Å². The summed E-state index contributed by atoms with van der Waals surface area (Å²) in [6.45, 7) is 8.02. The maximum atomic E-state index is 13.9. The van der Waals surface area contributed by atoms with Gasteiger partial charge in [-0.25, -0.2) is 9.18 Å². The molecule has 2 aromatic rings. The smallest absolute Gasteiger partial charge is 0.404 e. The van der Waals surface area contributed by atoms with Crippen molar-refractivity contribution in [3.63, 3.8) is 0 Å². The summed E-state index contributed by atoms with van der Waals surface area (Å²) in [6.07, 6.45) is 0.221. The van der Waals surface area contributed by atoms with Crippen molar-refractivity contribution >= 4 is 12.0 Å². The predicted molar refractivity (Wildman–Crippen MR) is 116 cm³/mol. The molecule has 1 aromatic carbocycles. The molecule has 1 aliphatic rings. The van der Waals surface area contributed by atoms with Gasteiger partial charge in [-0.3, -0.25) is 9.36 Å². The Morgan fingerprint density at radius 2 is 2.09 bits per heavy atom. The summed E-state index contributed by atoms with van der Waals surface area (Å²) in [4.78, 5) is 26.4. The van der Waals surface area contributed by atoms with Gasteiger partial charge >= 0.3 is 6.09 Å². The lowest BCUT2D eigenvalue weighted by molar-refractivity contribution is 0.165. The predicted octanol–water partition coefficient (Wildman–Crippen LogP) is 2.66. The maximum absolute atomic E-state index is 13.9. The number of amides is 1. The lowest BCUT2D eigenvalue weighted by Gasteiger charge is -2.48. The monoisotopic (exact) mass is 442 g/mol. The molecule has 10 heteroatoms. The zero-order valence-electron chi connectivity index (χ0n) is 18.6. The summed E-state index contributed by atoms with van der Waals surface area (Å²) in [7, 11) is 0. The number of aromatic nitrogens is 3. The van der Waals surface area contributed by atoms with Crippen molar-refractivity contribution in [1.29, 1.82) is 5.26 Å². The third kappa shape index (κ3) is 4.72. The van der Waals surface area contributed by atoms with Gasteiger partial charge in [-0.1, -0.05) is 20.8 Å². The summed E-state index contributed by atoms with van der Waals surface area (Å²) < 4.78 is 15.3. The number of benzene rings is 1. The Morgan fingerprint density at radius 3 is 2.72 bits per heavy atom. The molecular formula is C22H27FN6O3. The fraction of sp³-hybridized carbons (Fsp3) is 0.500. The van der Waals surface area contributed by atoms with Crippen LogP contribution in [0.1, 0.15) is 50.4 Å². The highest BCUT2D eigenvalue weighted by molar-refractivity contribution is 5.65. The minimum atomic E-state index is -1.11. The molecule has 0 radical (unpaired) electrons. The van der Waals surface area contributed by atoms with Gasteiger partial charge in [0.2, 0.25) is 5.95 Å². The van der Waals surface area contributed by atoms with Gasteiger partial charge in [0.1, 0.15) is 11.5 Å². The molecule has 2 heterocycles. The van der Waals surface area contributed by atoms with Crippen molar-refractivity contribution in [3.8, 4) is 6.07 Å². The second-order valence-corrected chi connectivity index (χ2v) is 9.09. The molecular weight excluding hydrogens is 415 g/mol. The largest absolute Gasteiger partial charge is 0.465 e. The van der Waals surface area contributed by atoms with Crippen molar-refractivity contribution in [2.45, 2.75) is 59.2 Å². The Morgan fingerprint density at radius 1 is 1.38 bits per heavy atom. The van der Waals surface area contributed by atoms with Crippen LogP contribution >= 0.6 is 0 Å². The molecule has 1 amide bonds. The fourth-order valence-electron chi connectivity index (χ4n) is 4.43. The Hall–Kier alpha value is -3.48. The van der Waals surface area contributed by atoms with E-state index >= 15 is 0 Å². The first-order valence-electron chi connectivity index (χ1n) is 10.4. The van der Waals surface area contributed by atoms with Crippen molar-refractivity contribution in [2.24, 2.45) is 5.41 Å². The zero-order chi connectivity index (χ0) is 23.6. The SMILES string of the molecule is Cc1nnc(N2CCCC(NC(=O)O)C2C(C)(C)C)n(Cc2cc(F)ccc2C#N)c1=O. The van der Waals surface area contributed by atoms with E-state index in [1.807, 2.05) is 31.7 Å². The Labute approximate surface area is 185 Å². The van der Waals surface area contributed by atoms with Crippen LogP contribution in [0.4, 0.5) is 15.1 Å². The molecule has 9 nitrogen and oxygen atoms in total. The number of carbonyl (C=O) groups is 1. The molecule has 2 unspecified atom stereocenters. The summed E-state index contributed by atoms with van der Waals surface area (Å²) >= 11 is 0. The van der Waals surface area contributed by atoms with E-state index in [0.717, 1.165) is 0 Å². The van der Waals surface area contributed by atoms with Crippen molar-refractivity contribution in [1.82, 2.24) is 20.1 Å². The number of halogens is 1. The molecule has 0 bridgehead atoms. The molecule has 1 fully saturated rings. The molecule has 170 valence electrons. The van der Waals surface area contributed by atoms with Gasteiger partial charge in [-0.15, -0.1) is 10.2 Å². The quantitative estimate of drug-likeness (QED) is 0.746. The standard InChI is InChI=1S/C22H27FN6O3/c1-13-19(30)29(12-15-10-16(23)8-7-14(15)11-24)20(27-26-13)28-9-5-6-17(25-21(31)32)18(28)22(2,3)4/h7-8,10,17-18,25H,5-6,9,12H2,1-4H3,(H,31,32). The van der Waals surface area contributed by atoms with Crippen LogP contribution < -0.4 is 15.8 Å². The van der Waals surface area contributed by atoms with E-state index in [4.69, 9.17) is 0 Å². The highest BCUT2D eigenvalue weighted by atomic mass is 19.1. The van der Waals surface area contributed by atoms with Gasteiger partial charge in [0.25, 0.3) is 5.56 Å². The number of carboxylic acid groups (broad SMARTS) is 1. The third-order valence-electron chi connectivity index (χ3n) is 5.69. The zero-order valence-corrected chi connectivity index (χ0v) is 18.6. The molecule has 0 saturated carbocycles. The first kappa shape index (κ1) is 23.2. The number of nitrogens with zero attached hydrogens (tertiary/aromatic N) is 5. The lowest BCUT2D eigenvalue weighted by atomic mass is 9.77. The molecule has 2 atom stereocenters. The van der Waals surface area contributed by atoms with Gasteiger partial charge in [-0.2, -0.15) is 5.26 Å². The minimum absolute atomic E-state index is 0.0600. The van der Waals surface area contributed by atoms with Crippen molar-refractivity contribution in [3.05, 3.63) is 51.2 Å². The highest BCUT2D eigenvalue weighted by Crippen LogP contribution is 2.34. The molecule has 1 aliphatic heterocycles. The Bertz CT molecular complexity index is 1120. The Balaban J connectivity index is 2.14. The van der Waals surface area contributed by atoms with Gasteiger partial charge in [-0.05, 0) is 48.9 Å². The highest BCUT2D eigenvalue weighted by Gasteiger charge is 2.42. The van der Waals surface area contributed by atoms with E-state index in [1.165, 1.54) is 22.8 Å². The van der Waals surface area contributed by atoms with E-state index in [1.54, 1.807) is 6.92 Å². The molecule has 32 heavy (non-hydrogen) atoms. The summed E-state index contributed by atoms with van der Waals surface area (Å²) in [5, 5.41) is 29.7. The number of rotatable bonds is 4. The van der Waals surface area contributed by atoms with Crippen LogP contribution in [0, 0.1) is 29.5 Å². The molecule has 0 aliphatic carbocycles.